The molecule has 0 aromatic carbocycles. The van der Waals surface area contributed by atoms with Gasteiger partial charge >= 0.3 is 0 Å². The zero-order chi connectivity index (χ0) is 12.1. The van der Waals surface area contributed by atoms with Gasteiger partial charge in [0, 0.05) is 25.0 Å². The molecule has 92 valence electrons. The summed E-state index contributed by atoms with van der Waals surface area (Å²) in [6.45, 7) is 11.0. The van der Waals surface area contributed by atoms with Crippen LogP contribution in [0.4, 0.5) is 0 Å². The minimum Gasteiger partial charge on any atom is -0.310 e. The molecule has 1 aromatic heterocycles. The number of halogens is 1. The third kappa shape index (κ3) is 3.80. The van der Waals surface area contributed by atoms with E-state index in [1.54, 1.807) is 0 Å². The van der Waals surface area contributed by atoms with Crippen molar-refractivity contribution in [3.63, 3.8) is 0 Å². The zero-order valence-corrected chi connectivity index (χ0v) is 11.4. The van der Waals surface area contributed by atoms with Crippen LogP contribution in [0.1, 0.15) is 32.2 Å². The van der Waals surface area contributed by atoms with Crippen LogP contribution in [0.15, 0.2) is 6.07 Å². The molecule has 0 saturated carbocycles. The highest BCUT2D eigenvalue weighted by Gasteiger charge is 2.09. The van der Waals surface area contributed by atoms with Crippen LogP contribution < -0.4 is 5.32 Å². The van der Waals surface area contributed by atoms with Crippen molar-refractivity contribution in [2.45, 2.75) is 46.2 Å². The first kappa shape index (κ1) is 13.5. The van der Waals surface area contributed by atoms with Crippen molar-refractivity contribution < 1.29 is 0 Å². The lowest BCUT2D eigenvalue weighted by molar-refractivity contribution is 0.526. The van der Waals surface area contributed by atoms with Crippen LogP contribution in [0.5, 0.6) is 0 Å². The van der Waals surface area contributed by atoms with Gasteiger partial charge in [-0.05, 0) is 25.8 Å². The third-order valence-electron chi connectivity index (χ3n) is 2.65. The van der Waals surface area contributed by atoms with Gasteiger partial charge in [0.25, 0.3) is 0 Å². The number of hydrogen-bond donors (Lipinski definition) is 1. The van der Waals surface area contributed by atoms with Gasteiger partial charge in [-0.3, -0.25) is 4.68 Å². The number of alkyl halides is 1. The lowest BCUT2D eigenvalue weighted by Crippen LogP contribution is -2.27. The van der Waals surface area contributed by atoms with Crippen LogP contribution in [0, 0.1) is 12.8 Å². The summed E-state index contributed by atoms with van der Waals surface area (Å²) in [7, 11) is 0. The number of nitrogens with zero attached hydrogens (tertiary/aromatic N) is 2. The Labute approximate surface area is 103 Å². The fourth-order valence-corrected chi connectivity index (χ4v) is 1.70. The van der Waals surface area contributed by atoms with E-state index < -0.39 is 0 Å². The molecule has 1 aromatic rings. The first-order valence-corrected chi connectivity index (χ1v) is 6.36. The summed E-state index contributed by atoms with van der Waals surface area (Å²) in [6.07, 6.45) is 0. The highest BCUT2D eigenvalue weighted by Crippen LogP contribution is 2.08. The maximum Gasteiger partial charge on any atom is 0.0597 e. The molecule has 0 aliphatic rings. The van der Waals surface area contributed by atoms with E-state index in [2.05, 4.69) is 37.3 Å². The Morgan fingerprint density at radius 1 is 1.50 bits per heavy atom. The topological polar surface area (TPSA) is 29.9 Å². The minimum atomic E-state index is 0.194. The van der Waals surface area contributed by atoms with Gasteiger partial charge in [-0.2, -0.15) is 5.10 Å². The zero-order valence-electron chi connectivity index (χ0n) is 10.6. The van der Waals surface area contributed by atoms with Crippen LogP contribution >= 0.6 is 11.6 Å². The highest BCUT2D eigenvalue weighted by molar-refractivity contribution is 6.20. The molecular weight excluding hydrogens is 222 g/mol. The van der Waals surface area contributed by atoms with Crippen molar-refractivity contribution in [2.75, 3.05) is 6.54 Å². The van der Waals surface area contributed by atoms with Crippen molar-refractivity contribution in [2.24, 2.45) is 5.92 Å². The Hall–Kier alpha value is -0.540. The molecule has 1 rings (SSSR count). The Bertz CT molecular complexity index is 320. The summed E-state index contributed by atoms with van der Waals surface area (Å²) in [5.41, 5.74) is 2.30. The standard InChI is InChI=1S/C12H22ClN3/c1-5-16-11(6-10(4)15-16)7-14-8-12(13)9(2)3/h6,9,12,14H,5,7-8H2,1-4H3. The lowest BCUT2D eigenvalue weighted by Gasteiger charge is -2.14. The third-order valence-corrected chi connectivity index (χ3v) is 3.31. The predicted molar refractivity (Wildman–Crippen MR) is 68.8 cm³/mol. The van der Waals surface area contributed by atoms with Crippen LogP contribution in [0.25, 0.3) is 0 Å². The summed E-state index contributed by atoms with van der Waals surface area (Å²) in [5.74, 6) is 0.506. The predicted octanol–water partition coefficient (Wildman–Crippen LogP) is 2.56. The smallest absolute Gasteiger partial charge is 0.0597 e. The van der Waals surface area contributed by atoms with Gasteiger partial charge in [-0.15, -0.1) is 11.6 Å². The average Bonchev–Trinajstić information content (AvgIpc) is 2.58. The van der Waals surface area contributed by atoms with Gasteiger partial charge in [0.15, 0.2) is 0 Å². The Morgan fingerprint density at radius 2 is 2.19 bits per heavy atom. The summed E-state index contributed by atoms with van der Waals surface area (Å²) in [4.78, 5) is 0. The molecular formula is C12H22ClN3. The second-order valence-corrected chi connectivity index (χ2v) is 5.04. The Kier molecular flexibility index (Phi) is 5.29. The van der Waals surface area contributed by atoms with E-state index in [9.17, 15) is 0 Å². The largest absolute Gasteiger partial charge is 0.310 e. The maximum absolute atomic E-state index is 6.18. The molecule has 0 spiro atoms. The molecule has 1 unspecified atom stereocenters. The molecule has 1 heterocycles. The first-order valence-electron chi connectivity index (χ1n) is 5.92. The van der Waals surface area contributed by atoms with E-state index in [-0.39, 0.29) is 5.38 Å². The molecule has 0 amide bonds. The number of rotatable bonds is 6. The number of nitrogens with one attached hydrogen (secondary N) is 1. The molecule has 0 aliphatic heterocycles. The normalized spacial score (nSPS) is 13.4. The molecule has 3 nitrogen and oxygen atoms in total. The van der Waals surface area contributed by atoms with Gasteiger partial charge < -0.3 is 5.32 Å². The minimum absolute atomic E-state index is 0.194. The quantitative estimate of drug-likeness (QED) is 0.779. The molecule has 4 heteroatoms. The molecule has 1 atom stereocenters. The van der Waals surface area contributed by atoms with E-state index in [0.29, 0.717) is 5.92 Å². The second kappa shape index (κ2) is 6.26. The van der Waals surface area contributed by atoms with E-state index in [1.807, 2.05) is 11.6 Å². The molecule has 0 fully saturated rings. The van der Waals surface area contributed by atoms with Gasteiger partial charge in [0.05, 0.1) is 11.4 Å². The molecule has 0 radical (unpaired) electrons. The fraction of sp³-hybridized carbons (Fsp3) is 0.750. The number of aromatic nitrogens is 2. The summed E-state index contributed by atoms with van der Waals surface area (Å²) in [6, 6.07) is 2.12. The van der Waals surface area contributed by atoms with Gasteiger partial charge in [-0.1, -0.05) is 13.8 Å². The Balaban J connectivity index is 2.42. The van der Waals surface area contributed by atoms with Crippen molar-refractivity contribution in [3.8, 4) is 0 Å². The van der Waals surface area contributed by atoms with E-state index in [1.165, 1.54) is 5.69 Å². The monoisotopic (exact) mass is 243 g/mol. The number of hydrogen-bond acceptors (Lipinski definition) is 2. The van der Waals surface area contributed by atoms with Crippen LogP contribution in [0.3, 0.4) is 0 Å². The van der Waals surface area contributed by atoms with Crippen LogP contribution in [-0.4, -0.2) is 21.7 Å². The molecule has 0 aliphatic carbocycles. The van der Waals surface area contributed by atoms with Crippen LogP contribution in [0.2, 0.25) is 0 Å². The molecule has 16 heavy (non-hydrogen) atoms. The van der Waals surface area contributed by atoms with Crippen LogP contribution in [-0.2, 0) is 13.1 Å². The summed E-state index contributed by atoms with van der Waals surface area (Å²) < 4.78 is 2.03. The SMILES string of the molecule is CCn1nc(C)cc1CNCC(Cl)C(C)C. The maximum atomic E-state index is 6.18. The first-order chi connectivity index (χ1) is 7.54. The highest BCUT2D eigenvalue weighted by atomic mass is 35.5. The van der Waals surface area contributed by atoms with E-state index in [4.69, 9.17) is 11.6 Å². The van der Waals surface area contributed by atoms with E-state index >= 15 is 0 Å². The molecule has 1 N–H and O–H groups in total. The molecule has 0 saturated heterocycles. The molecule has 0 bridgehead atoms. The van der Waals surface area contributed by atoms with Crippen molar-refractivity contribution >= 4 is 11.6 Å². The summed E-state index contributed by atoms with van der Waals surface area (Å²) >= 11 is 6.18. The van der Waals surface area contributed by atoms with Crippen molar-refractivity contribution in [1.29, 1.82) is 0 Å². The fourth-order valence-electron chi connectivity index (χ4n) is 1.59. The summed E-state index contributed by atoms with van der Waals surface area (Å²) in [5, 5.41) is 7.98. The lowest BCUT2D eigenvalue weighted by atomic mass is 10.1. The van der Waals surface area contributed by atoms with Crippen molar-refractivity contribution in [1.82, 2.24) is 15.1 Å². The van der Waals surface area contributed by atoms with E-state index in [0.717, 1.165) is 25.3 Å². The van der Waals surface area contributed by atoms with Gasteiger partial charge in [0.2, 0.25) is 0 Å². The van der Waals surface area contributed by atoms with Gasteiger partial charge in [0.1, 0.15) is 0 Å². The average molecular weight is 244 g/mol. The van der Waals surface area contributed by atoms with Gasteiger partial charge in [-0.25, -0.2) is 0 Å². The number of aryl methyl sites for hydroxylation is 2. The van der Waals surface area contributed by atoms with Crippen molar-refractivity contribution in [3.05, 3.63) is 17.5 Å². The second-order valence-electron chi connectivity index (χ2n) is 4.48. The Morgan fingerprint density at radius 3 is 2.75 bits per heavy atom.